The molecule has 0 saturated carbocycles. The third-order valence-corrected chi connectivity index (χ3v) is 8.11. The molecule has 1 saturated heterocycles. The number of piperazine rings is 1. The summed E-state index contributed by atoms with van der Waals surface area (Å²) in [5.74, 6) is -0.325. The van der Waals surface area contributed by atoms with E-state index in [1.54, 1.807) is 24.4 Å². The number of nitrogens with one attached hydrogen (secondary N) is 1. The van der Waals surface area contributed by atoms with Crippen molar-refractivity contribution in [1.82, 2.24) is 19.2 Å². The van der Waals surface area contributed by atoms with Gasteiger partial charge in [-0.25, -0.2) is 21.8 Å². The Labute approximate surface area is 174 Å². The normalized spacial score (nSPS) is 16.1. The number of rotatable bonds is 4. The molecule has 1 aromatic carbocycles. The summed E-state index contributed by atoms with van der Waals surface area (Å²) < 4.78 is 51.0. The maximum absolute atomic E-state index is 13.1. The molecule has 0 unspecified atom stereocenters. The summed E-state index contributed by atoms with van der Waals surface area (Å²) in [5.41, 5.74) is 0.757. The first-order valence-corrected chi connectivity index (χ1v) is 12.5. The topological polar surface area (TPSA) is 121 Å². The Morgan fingerprint density at radius 1 is 1.03 bits per heavy atom. The highest BCUT2D eigenvalue weighted by molar-refractivity contribution is 7.90. The Morgan fingerprint density at radius 3 is 2.47 bits per heavy atom. The van der Waals surface area contributed by atoms with Gasteiger partial charge in [-0.05, 0) is 30.3 Å². The first-order valence-electron chi connectivity index (χ1n) is 9.19. The summed E-state index contributed by atoms with van der Waals surface area (Å²) in [6.07, 6.45) is 4.10. The third-order valence-electron chi connectivity index (χ3n) is 5.07. The van der Waals surface area contributed by atoms with E-state index in [2.05, 4.69) is 9.97 Å². The third kappa shape index (κ3) is 3.71. The molecular formula is C19H20N4O5S2. The second-order valence-electron chi connectivity index (χ2n) is 7.05. The molecule has 0 atom stereocenters. The van der Waals surface area contributed by atoms with E-state index in [9.17, 15) is 21.6 Å². The average molecular weight is 449 g/mol. The second kappa shape index (κ2) is 7.49. The van der Waals surface area contributed by atoms with E-state index in [-0.39, 0.29) is 47.4 Å². The van der Waals surface area contributed by atoms with Crippen LogP contribution in [0.25, 0.3) is 11.0 Å². The fourth-order valence-corrected chi connectivity index (χ4v) is 5.70. The minimum Gasteiger partial charge on any atom is -0.345 e. The maximum atomic E-state index is 13.1. The van der Waals surface area contributed by atoms with E-state index in [1.165, 1.54) is 33.6 Å². The molecule has 0 radical (unpaired) electrons. The van der Waals surface area contributed by atoms with Gasteiger partial charge in [0.05, 0.1) is 4.90 Å². The predicted octanol–water partition coefficient (Wildman–Crippen LogP) is 1.11. The van der Waals surface area contributed by atoms with Crippen molar-refractivity contribution in [3.8, 4) is 0 Å². The first kappa shape index (κ1) is 20.5. The number of carbonyl (C=O) groups excluding carboxylic acids is 1. The molecule has 1 aliphatic heterocycles. The number of pyridine rings is 1. The molecule has 0 spiro atoms. The SMILES string of the molecule is CS(=O)(=O)c1cccc(C(=O)N2CCN(S(=O)(=O)c3c[nH]c4ncccc34)CC2)c1. The van der Waals surface area contributed by atoms with Crippen LogP contribution >= 0.6 is 0 Å². The van der Waals surface area contributed by atoms with Gasteiger partial charge >= 0.3 is 0 Å². The van der Waals surface area contributed by atoms with Gasteiger partial charge in [-0.1, -0.05) is 6.07 Å². The molecule has 1 fully saturated rings. The van der Waals surface area contributed by atoms with Crippen molar-refractivity contribution in [2.24, 2.45) is 0 Å². The lowest BCUT2D eigenvalue weighted by molar-refractivity contribution is 0.0697. The largest absolute Gasteiger partial charge is 0.345 e. The number of amides is 1. The van der Waals surface area contributed by atoms with Crippen LogP contribution in [-0.4, -0.2) is 74.4 Å². The van der Waals surface area contributed by atoms with Crippen molar-refractivity contribution in [2.45, 2.75) is 9.79 Å². The van der Waals surface area contributed by atoms with Crippen LogP contribution in [0.2, 0.25) is 0 Å². The standard InChI is InChI=1S/C19H20N4O5S2/c1-29(25,26)15-5-2-4-14(12-15)19(24)22-8-10-23(11-9-22)30(27,28)17-13-21-18-16(17)6-3-7-20-18/h2-7,12-13H,8-11H2,1H3,(H,20,21). The van der Waals surface area contributed by atoms with Crippen molar-refractivity contribution in [3.05, 3.63) is 54.4 Å². The van der Waals surface area contributed by atoms with Crippen molar-refractivity contribution in [2.75, 3.05) is 32.4 Å². The van der Waals surface area contributed by atoms with Gasteiger partial charge in [0.15, 0.2) is 9.84 Å². The fourth-order valence-electron chi connectivity index (χ4n) is 3.46. The molecular weight excluding hydrogens is 428 g/mol. The lowest BCUT2D eigenvalue weighted by Crippen LogP contribution is -2.50. The number of aromatic amines is 1. The number of fused-ring (bicyclic) bond motifs is 1. The smallest absolute Gasteiger partial charge is 0.253 e. The summed E-state index contributed by atoms with van der Waals surface area (Å²) in [7, 11) is -7.17. The average Bonchev–Trinajstić information content (AvgIpc) is 3.18. The molecule has 158 valence electrons. The molecule has 1 aliphatic rings. The monoisotopic (exact) mass is 448 g/mol. The zero-order valence-corrected chi connectivity index (χ0v) is 17.8. The van der Waals surface area contributed by atoms with Crippen molar-refractivity contribution in [1.29, 1.82) is 0 Å². The second-order valence-corrected chi connectivity index (χ2v) is 11.0. The molecule has 30 heavy (non-hydrogen) atoms. The first-order chi connectivity index (χ1) is 14.2. The van der Waals surface area contributed by atoms with Crippen LogP contribution in [0.15, 0.2) is 58.6 Å². The molecule has 1 amide bonds. The number of sulfone groups is 1. The number of hydrogen-bond donors (Lipinski definition) is 1. The minimum absolute atomic E-state index is 0.0718. The molecule has 2 aromatic heterocycles. The summed E-state index contributed by atoms with van der Waals surface area (Å²) in [6, 6.07) is 9.23. The number of aromatic nitrogens is 2. The maximum Gasteiger partial charge on any atom is 0.253 e. The van der Waals surface area contributed by atoms with E-state index in [1.807, 2.05) is 0 Å². The number of carbonyl (C=O) groups is 1. The zero-order chi connectivity index (χ0) is 21.5. The van der Waals surface area contributed by atoms with Gasteiger partial charge in [-0.3, -0.25) is 4.79 Å². The van der Waals surface area contributed by atoms with Crippen LogP contribution in [-0.2, 0) is 19.9 Å². The van der Waals surface area contributed by atoms with Crippen LogP contribution in [0.3, 0.4) is 0 Å². The van der Waals surface area contributed by atoms with E-state index in [0.717, 1.165) is 6.26 Å². The van der Waals surface area contributed by atoms with E-state index in [0.29, 0.717) is 11.0 Å². The fraction of sp³-hybridized carbons (Fsp3) is 0.263. The number of sulfonamides is 1. The highest BCUT2D eigenvalue weighted by Crippen LogP contribution is 2.25. The lowest BCUT2D eigenvalue weighted by Gasteiger charge is -2.34. The molecule has 9 nitrogen and oxygen atoms in total. The van der Waals surface area contributed by atoms with Crippen LogP contribution in [0.5, 0.6) is 0 Å². The van der Waals surface area contributed by atoms with Gasteiger partial charge in [0.1, 0.15) is 10.5 Å². The summed E-state index contributed by atoms with van der Waals surface area (Å²) >= 11 is 0. The number of hydrogen-bond acceptors (Lipinski definition) is 6. The number of nitrogens with zero attached hydrogens (tertiary/aromatic N) is 3. The summed E-state index contributed by atoms with van der Waals surface area (Å²) in [6.45, 7) is 0.711. The van der Waals surface area contributed by atoms with Crippen molar-refractivity contribution >= 4 is 36.8 Å². The molecule has 0 aliphatic carbocycles. The molecule has 1 N–H and O–H groups in total. The van der Waals surface area contributed by atoms with Gasteiger partial charge in [0, 0.05) is 55.8 Å². The number of H-pyrrole nitrogens is 1. The van der Waals surface area contributed by atoms with E-state index < -0.39 is 19.9 Å². The lowest BCUT2D eigenvalue weighted by atomic mass is 10.2. The number of benzene rings is 1. The molecule has 4 rings (SSSR count). The Hall–Kier alpha value is -2.76. The van der Waals surface area contributed by atoms with Gasteiger partial charge in [0.25, 0.3) is 5.91 Å². The van der Waals surface area contributed by atoms with E-state index >= 15 is 0 Å². The van der Waals surface area contributed by atoms with Crippen molar-refractivity contribution in [3.63, 3.8) is 0 Å². The molecule has 3 heterocycles. The highest BCUT2D eigenvalue weighted by atomic mass is 32.2. The Balaban J connectivity index is 1.51. The van der Waals surface area contributed by atoms with E-state index in [4.69, 9.17) is 0 Å². The Bertz CT molecular complexity index is 1320. The summed E-state index contributed by atoms with van der Waals surface area (Å²) in [5, 5.41) is 0.522. The quantitative estimate of drug-likeness (QED) is 0.638. The van der Waals surface area contributed by atoms with Crippen LogP contribution < -0.4 is 0 Å². The Kier molecular flexibility index (Phi) is 5.12. The van der Waals surface area contributed by atoms with Gasteiger partial charge < -0.3 is 9.88 Å². The molecule has 11 heteroatoms. The van der Waals surface area contributed by atoms with Gasteiger partial charge in [0.2, 0.25) is 10.0 Å². The zero-order valence-electron chi connectivity index (χ0n) is 16.1. The van der Waals surface area contributed by atoms with Crippen LogP contribution in [0, 0.1) is 0 Å². The van der Waals surface area contributed by atoms with Crippen LogP contribution in [0.1, 0.15) is 10.4 Å². The highest BCUT2D eigenvalue weighted by Gasteiger charge is 2.32. The van der Waals surface area contributed by atoms with Gasteiger partial charge in [-0.2, -0.15) is 4.31 Å². The van der Waals surface area contributed by atoms with Crippen LogP contribution in [0.4, 0.5) is 0 Å². The van der Waals surface area contributed by atoms with Gasteiger partial charge in [-0.15, -0.1) is 0 Å². The predicted molar refractivity (Wildman–Crippen MR) is 110 cm³/mol. The minimum atomic E-state index is -3.74. The molecule has 0 bridgehead atoms. The Morgan fingerprint density at radius 2 is 1.77 bits per heavy atom. The molecule has 3 aromatic rings. The van der Waals surface area contributed by atoms with Crippen molar-refractivity contribution < 1.29 is 21.6 Å². The summed E-state index contributed by atoms with van der Waals surface area (Å²) in [4.78, 5) is 21.5.